The van der Waals surface area contributed by atoms with Crippen LogP contribution in [0, 0.1) is 6.92 Å². The summed E-state index contributed by atoms with van der Waals surface area (Å²) < 4.78 is 28.3. The summed E-state index contributed by atoms with van der Waals surface area (Å²) in [5.41, 5.74) is 2.26. The third-order valence-corrected chi connectivity index (χ3v) is 5.82. The SMILES string of the molecule is CCCC/C=C/C(CCc1ccccc1)NS(=O)(=O)c1ccc(C)cc1. The molecule has 0 aliphatic rings. The number of nitrogens with one attached hydrogen (secondary N) is 1. The molecule has 0 aliphatic heterocycles. The molecule has 1 N–H and O–H groups in total. The molecule has 2 aromatic carbocycles. The highest BCUT2D eigenvalue weighted by molar-refractivity contribution is 7.89. The zero-order valence-corrected chi connectivity index (χ0v) is 16.5. The third kappa shape index (κ3) is 6.77. The van der Waals surface area contributed by atoms with Crippen molar-refractivity contribution in [3.8, 4) is 0 Å². The summed E-state index contributed by atoms with van der Waals surface area (Å²) in [6, 6.07) is 16.9. The lowest BCUT2D eigenvalue weighted by atomic mass is 10.1. The number of aryl methyl sites for hydroxylation is 2. The van der Waals surface area contributed by atoms with E-state index in [1.54, 1.807) is 12.1 Å². The van der Waals surface area contributed by atoms with Crippen molar-refractivity contribution in [2.75, 3.05) is 0 Å². The Labute approximate surface area is 158 Å². The molecule has 0 fully saturated rings. The molecule has 4 heteroatoms. The zero-order chi connectivity index (χ0) is 18.8. The average Bonchev–Trinajstić information content (AvgIpc) is 2.64. The molecular weight excluding hydrogens is 342 g/mol. The molecule has 0 heterocycles. The Morgan fingerprint density at radius 3 is 2.38 bits per heavy atom. The van der Waals surface area contributed by atoms with E-state index in [1.165, 1.54) is 5.56 Å². The lowest BCUT2D eigenvalue weighted by molar-refractivity contribution is 0.562. The molecule has 0 saturated carbocycles. The molecule has 0 amide bonds. The van der Waals surface area contributed by atoms with Gasteiger partial charge in [-0.1, -0.05) is 79.9 Å². The maximum atomic E-state index is 12.7. The van der Waals surface area contributed by atoms with Crippen LogP contribution in [0.1, 0.15) is 43.7 Å². The fourth-order valence-corrected chi connectivity index (χ4v) is 3.95. The van der Waals surface area contributed by atoms with E-state index in [0.717, 1.165) is 37.7 Å². The van der Waals surface area contributed by atoms with E-state index in [2.05, 4.69) is 29.9 Å². The highest BCUT2D eigenvalue weighted by Crippen LogP contribution is 2.13. The molecule has 0 aromatic heterocycles. The Hall–Kier alpha value is -1.91. The Morgan fingerprint density at radius 1 is 1.04 bits per heavy atom. The molecule has 26 heavy (non-hydrogen) atoms. The minimum absolute atomic E-state index is 0.210. The standard InChI is InChI=1S/C22H29NO2S/c1-3-4-5-9-12-21(16-15-20-10-7-6-8-11-20)23-26(24,25)22-17-13-19(2)14-18-22/h6-14,17-18,21,23H,3-5,15-16H2,1-2H3/b12-9+. The molecular formula is C22H29NO2S. The van der Waals surface area contributed by atoms with Crippen LogP contribution in [-0.4, -0.2) is 14.5 Å². The number of allylic oxidation sites excluding steroid dienone is 1. The van der Waals surface area contributed by atoms with Crippen LogP contribution >= 0.6 is 0 Å². The van der Waals surface area contributed by atoms with Crippen molar-refractivity contribution in [3.63, 3.8) is 0 Å². The number of unbranched alkanes of at least 4 members (excludes halogenated alkanes) is 2. The lowest BCUT2D eigenvalue weighted by Gasteiger charge is -2.16. The van der Waals surface area contributed by atoms with Crippen LogP contribution in [0.25, 0.3) is 0 Å². The van der Waals surface area contributed by atoms with E-state index >= 15 is 0 Å². The van der Waals surface area contributed by atoms with Crippen LogP contribution in [-0.2, 0) is 16.4 Å². The van der Waals surface area contributed by atoms with Crippen molar-refractivity contribution in [1.29, 1.82) is 0 Å². The zero-order valence-electron chi connectivity index (χ0n) is 15.7. The van der Waals surface area contributed by atoms with E-state index in [-0.39, 0.29) is 6.04 Å². The minimum Gasteiger partial charge on any atom is -0.207 e. The van der Waals surface area contributed by atoms with Gasteiger partial charge in [-0.25, -0.2) is 13.1 Å². The molecule has 0 radical (unpaired) electrons. The van der Waals surface area contributed by atoms with Gasteiger partial charge in [-0.05, 0) is 43.9 Å². The monoisotopic (exact) mass is 371 g/mol. The number of benzene rings is 2. The summed E-state index contributed by atoms with van der Waals surface area (Å²) in [4.78, 5) is 0.315. The largest absolute Gasteiger partial charge is 0.241 e. The van der Waals surface area contributed by atoms with Crippen molar-refractivity contribution < 1.29 is 8.42 Å². The highest BCUT2D eigenvalue weighted by Gasteiger charge is 2.18. The summed E-state index contributed by atoms with van der Waals surface area (Å²) >= 11 is 0. The predicted octanol–water partition coefficient (Wildman–Crippen LogP) is 5.02. The van der Waals surface area contributed by atoms with Crippen LogP contribution in [0.3, 0.4) is 0 Å². The lowest BCUT2D eigenvalue weighted by Crippen LogP contribution is -2.33. The van der Waals surface area contributed by atoms with Gasteiger partial charge >= 0.3 is 0 Å². The topological polar surface area (TPSA) is 46.2 Å². The Morgan fingerprint density at radius 2 is 1.73 bits per heavy atom. The fourth-order valence-electron chi connectivity index (χ4n) is 2.73. The van der Waals surface area contributed by atoms with Gasteiger partial charge in [0.05, 0.1) is 4.90 Å². The van der Waals surface area contributed by atoms with E-state index in [9.17, 15) is 8.42 Å². The van der Waals surface area contributed by atoms with Gasteiger partial charge in [-0.3, -0.25) is 0 Å². The first-order valence-corrected chi connectivity index (χ1v) is 10.8. The molecule has 1 atom stereocenters. The quantitative estimate of drug-likeness (QED) is 0.471. The Kier molecular flexibility index (Phi) is 8.07. The summed E-state index contributed by atoms with van der Waals surface area (Å²) in [7, 11) is -3.52. The van der Waals surface area contributed by atoms with Gasteiger partial charge in [0.2, 0.25) is 10.0 Å². The number of hydrogen-bond acceptors (Lipinski definition) is 2. The molecule has 0 aliphatic carbocycles. The normalized spacial score (nSPS) is 13.2. The van der Waals surface area contributed by atoms with Gasteiger partial charge in [0.15, 0.2) is 0 Å². The van der Waals surface area contributed by atoms with E-state index < -0.39 is 10.0 Å². The summed E-state index contributed by atoms with van der Waals surface area (Å²) in [5, 5.41) is 0. The van der Waals surface area contributed by atoms with Gasteiger partial charge in [0.1, 0.15) is 0 Å². The van der Waals surface area contributed by atoms with Crippen molar-refractivity contribution in [1.82, 2.24) is 4.72 Å². The van der Waals surface area contributed by atoms with E-state index in [1.807, 2.05) is 43.3 Å². The number of sulfonamides is 1. The van der Waals surface area contributed by atoms with Crippen LogP contribution in [0.15, 0.2) is 71.6 Å². The van der Waals surface area contributed by atoms with Crippen molar-refractivity contribution >= 4 is 10.0 Å². The third-order valence-electron chi connectivity index (χ3n) is 4.32. The predicted molar refractivity (Wildman–Crippen MR) is 109 cm³/mol. The number of hydrogen-bond donors (Lipinski definition) is 1. The maximum absolute atomic E-state index is 12.7. The van der Waals surface area contributed by atoms with Gasteiger partial charge in [0, 0.05) is 6.04 Å². The fraction of sp³-hybridized carbons (Fsp3) is 0.364. The molecule has 2 aromatic rings. The second-order valence-electron chi connectivity index (χ2n) is 6.64. The van der Waals surface area contributed by atoms with Gasteiger partial charge < -0.3 is 0 Å². The molecule has 0 spiro atoms. The average molecular weight is 372 g/mol. The summed E-state index contributed by atoms with van der Waals surface area (Å²) in [6.07, 6.45) is 8.89. The smallest absolute Gasteiger partial charge is 0.207 e. The van der Waals surface area contributed by atoms with Gasteiger partial charge in [-0.15, -0.1) is 0 Å². The first-order valence-electron chi connectivity index (χ1n) is 9.31. The maximum Gasteiger partial charge on any atom is 0.241 e. The van der Waals surface area contributed by atoms with Gasteiger partial charge in [-0.2, -0.15) is 0 Å². The van der Waals surface area contributed by atoms with Crippen molar-refractivity contribution in [2.45, 2.75) is 56.9 Å². The molecule has 3 nitrogen and oxygen atoms in total. The van der Waals surface area contributed by atoms with Crippen LogP contribution < -0.4 is 4.72 Å². The Balaban J connectivity index is 2.08. The van der Waals surface area contributed by atoms with Crippen molar-refractivity contribution in [2.24, 2.45) is 0 Å². The number of rotatable bonds is 10. The highest BCUT2D eigenvalue weighted by atomic mass is 32.2. The molecule has 140 valence electrons. The second-order valence-corrected chi connectivity index (χ2v) is 8.35. The van der Waals surface area contributed by atoms with E-state index in [4.69, 9.17) is 0 Å². The minimum atomic E-state index is -3.52. The molecule has 0 bridgehead atoms. The summed E-state index contributed by atoms with van der Waals surface area (Å²) in [5.74, 6) is 0. The molecule has 0 saturated heterocycles. The summed E-state index contributed by atoms with van der Waals surface area (Å²) in [6.45, 7) is 4.10. The van der Waals surface area contributed by atoms with E-state index in [0.29, 0.717) is 4.90 Å². The molecule has 1 unspecified atom stereocenters. The van der Waals surface area contributed by atoms with Crippen LogP contribution in [0.4, 0.5) is 0 Å². The first kappa shape index (κ1) is 20.4. The van der Waals surface area contributed by atoms with Gasteiger partial charge in [0.25, 0.3) is 0 Å². The van der Waals surface area contributed by atoms with Crippen LogP contribution in [0.2, 0.25) is 0 Å². The van der Waals surface area contributed by atoms with Crippen LogP contribution in [0.5, 0.6) is 0 Å². The van der Waals surface area contributed by atoms with Crippen molar-refractivity contribution in [3.05, 3.63) is 77.9 Å². The second kappa shape index (κ2) is 10.3. The molecule has 2 rings (SSSR count). The Bertz CT molecular complexity index is 781. The first-order chi connectivity index (χ1) is 12.5.